The summed E-state index contributed by atoms with van der Waals surface area (Å²) in [7, 11) is 1.73. The van der Waals surface area contributed by atoms with Gasteiger partial charge in [0.1, 0.15) is 0 Å². The van der Waals surface area contributed by atoms with E-state index in [9.17, 15) is 5.11 Å². The van der Waals surface area contributed by atoms with Crippen LogP contribution in [-0.2, 0) is 4.74 Å². The smallest absolute Gasteiger partial charge is 0.0580 e. The summed E-state index contributed by atoms with van der Waals surface area (Å²) in [5.74, 6) is 1.03. The lowest BCUT2D eigenvalue weighted by Crippen LogP contribution is -2.31. The van der Waals surface area contributed by atoms with Gasteiger partial charge in [-0.15, -0.1) is 0 Å². The molecule has 0 bridgehead atoms. The Bertz CT molecular complexity index is 152. The van der Waals surface area contributed by atoms with Gasteiger partial charge in [0.2, 0.25) is 0 Å². The average Bonchev–Trinajstić information content (AvgIpc) is 2.52. The molecule has 2 N–H and O–H groups in total. The topological polar surface area (TPSA) is 41.5 Å². The van der Waals surface area contributed by atoms with Gasteiger partial charge in [0, 0.05) is 20.3 Å². The number of hydrogen-bond acceptors (Lipinski definition) is 3. The van der Waals surface area contributed by atoms with E-state index < -0.39 is 0 Å². The Kier molecular flexibility index (Phi) is 5.45. The minimum absolute atomic E-state index is 0.0692. The maximum absolute atomic E-state index is 9.59. The number of nitrogens with one attached hydrogen (secondary N) is 1. The van der Waals surface area contributed by atoms with Crippen molar-refractivity contribution in [2.45, 2.75) is 32.3 Å². The van der Waals surface area contributed by atoms with E-state index in [0.29, 0.717) is 11.8 Å². The predicted octanol–water partition coefficient (Wildman–Crippen LogP) is 1.02. The number of aliphatic hydroxyl groups is 1. The van der Waals surface area contributed by atoms with Crippen molar-refractivity contribution in [3.8, 4) is 0 Å². The van der Waals surface area contributed by atoms with Gasteiger partial charge in [-0.3, -0.25) is 0 Å². The number of rotatable bonds is 6. The van der Waals surface area contributed by atoms with Gasteiger partial charge < -0.3 is 15.2 Å². The Labute approximate surface area is 86.8 Å². The van der Waals surface area contributed by atoms with E-state index in [1.165, 1.54) is 12.8 Å². The van der Waals surface area contributed by atoms with Crippen molar-refractivity contribution < 1.29 is 9.84 Å². The second kappa shape index (κ2) is 6.38. The lowest BCUT2D eigenvalue weighted by atomic mass is 10.1. The summed E-state index contributed by atoms with van der Waals surface area (Å²) in [5.41, 5.74) is 0. The highest BCUT2D eigenvalue weighted by Crippen LogP contribution is 2.24. The van der Waals surface area contributed by atoms with E-state index in [0.717, 1.165) is 26.1 Å². The first-order valence-corrected chi connectivity index (χ1v) is 5.61. The molecule has 1 aliphatic carbocycles. The van der Waals surface area contributed by atoms with Crippen molar-refractivity contribution in [1.82, 2.24) is 5.32 Å². The Morgan fingerprint density at radius 1 is 1.50 bits per heavy atom. The second-order valence-electron chi connectivity index (χ2n) is 4.48. The minimum Gasteiger partial charge on any atom is -0.393 e. The van der Waals surface area contributed by atoms with Crippen LogP contribution in [0.3, 0.4) is 0 Å². The molecular formula is C11H23NO2. The molecule has 1 rings (SSSR count). The number of hydrogen-bond donors (Lipinski definition) is 2. The van der Waals surface area contributed by atoms with E-state index >= 15 is 0 Å². The molecule has 3 atom stereocenters. The van der Waals surface area contributed by atoms with Gasteiger partial charge in [0.05, 0.1) is 6.10 Å². The van der Waals surface area contributed by atoms with E-state index in [-0.39, 0.29) is 6.10 Å². The van der Waals surface area contributed by atoms with Gasteiger partial charge >= 0.3 is 0 Å². The highest BCUT2D eigenvalue weighted by atomic mass is 16.5. The van der Waals surface area contributed by atoms with Crippen LogP contribution in [0, 0.1) is 11.8 Å². The predicted molar refractivity (Wildman–Crippen MR) is 57.3 cm³/mol. The van der Waals surface area contributed by atoms with E-state index in [4.69, 9.17) is 4.74 Å². The molecule has 3 heteroatoms. The maximum Gasteiger partial charge on any atom is 0.0580 e. The molecule has 0 spiro atoms. The molecule has 0 aromatic heterocycles. The zero-order valence-corrected chi connectivity index (χ0v) is 9.33. The van der Waals surface area contributed by atoms with Gasteiger partial charge in [-0.25, -0.2) is 0 Å². The normalized spacial score (nSPS) is 29.4. The van der Waals surface area contributed by atoms with Crippen LogP contribution in [0.4, 0.5) is 0 Å². The number of aliphatic hydroxyl groups excluding tert-OH is 1. The molecule has 1 saturated carbocycles. The first-order chi connectivity index (χ1) is 6.74. The van der Waals surface area contributed by atoms with Crippen molar-refractivity contribution in [2.24, 2.45) is 11.8 Å². The molecule has 1 aliphatic rings. The zero-order valence-electron chi connectivity index (χ0n) is 9.33. The van der Waals surface area contributed by atoms with Gasteiger partial charge in [-0.1, -0.05) is 13.3 Å². The van der Waals surface area contributed by atoms with Gasteiger partial charge in [-0.2, -0.15) is 0 Å². The van der Waals surface area contributed by atoms with Crippen LogP contribution in [0.15, 0.2) is 0 Å². The summed E-state index contributed by atoms with van der Waals surface area (Å²) < 4.78 is 5.06. The molecule has 0 aliphatic heterocycles. The largest absolute Gasteiger partial charge is 0.393 e. The fourth-order valence-electron chi connectivity index (χ4n) is 2.11. The molecule has 1 fully saturated rings. The lowest BCUT2D eigenvalue weighted by molar-refractivity contribution is 0.127. The number of methoxy groups -OCH3 is 1. The monoisotopic (exact) mass is 201 g/mol. The maximum atomic E-state index is 9.59. The summed E-state index contributed by atoms with van der Waals surface area (Å²) in [6.45, 7) is 4.91. The second-order valence-corrected chi connectivity index (χ2v) is 4.48. The molecule has 0 radical (unpaired) electrons. The lowest BCUT2D eigenvalue weighted by Gasteiger charge is -2.17. The van der Waals surface area contributed by atoms with Gasteiger partial charge in [0.25, 0.3) is 0 Å². The van der Waals surface area contributed by atoms with Crippen LogP contribution in [-0.4, -0.2) is 38.0 Å². The number of ether oxygens (including phenoxy) is 1. The average molecular weight is 201 g/mol. The Morgan fingerprint density at radius 3 is 2.86 bits per heavy atom. The summed E-state index contributed by atoms with van der Waals surface area (Å²) in [5, 5.41) is 13.0. The summed E-state index contributed by atoms with van der Waals surface area (Å²) >= 11 is 0. The molecule has 0 saturated heterocycles. The van der Waals surface area contributed by atoms with Crippen LogP contribution >= 0.6 is 0 Å². The highest BCUT2D eigenvalue weighted by molar-refractivity contribution is 4.78. The van der Waals surface area contributed by atoms with Gasteiger partial charge in [-0.05, 0) is 31.2 Å². The van der Waals surface area contributed by atoms with Crippen molar-refractivity contribution in [3.63, 3.8) is 0 Å². The van der Waals surface area contributed by atoms with Crippen LogP contribution in [0.5, 0.6) is 0 Å². The first kappa shape index (κ1) is 12.0. The summed E-state index contributed by atoms with van der Waals surface area (Å²) in [4.78, 5) is 0. The Hall–Kier alpha value is -0.120. The molecule has 3 nitrogen and oxygen atoms in total. The summed E-state index contributed by atoms with van der Waals surface area (Å²) in [6, 6.07) is 0. The van der Waals surface area contributed by atoms with Crippen LogP contribution < -0.4 is 5.32 Å². The first-order valence-electron chi connectivity index (χ1n) is 5.61. The van der Waals surface area contributed by atoms with Crippen LogP contribution in [0.25, 0.3) is 0 Å². The van der Waals surface area contributed by atoms with E-state index in [2.05, 4.69) is 12.2 Å². The molecule has 84 valence electrons. The standard InChI is InChI=1S/C11H23NO2/c1-9(8-14-2)6-12-7-10-4-3-5-11(10)13/h9-13H,3-8H2,1-2H3. The molecule has 0 heterocycles. The van der Waals surface area contributed by atoms with Crippen molar-refractivity contribution in [2.75, 3.05) is 26.8 Å². The molecular weight excluding hydrogens is 178 g/mol. The van der Waals surface area contributed by atoms with Crippen molar-refractivity contribution >= 4 is 0 Å². The van der Waals surface area contributed by atoms with Crippen molar-refractivity contribution in [1.29, 1.82) is 0 Å². The van der Waals surface area contributed by atoms with Crippen LogP contribution in [0.1, 0.15) is 26.2 Å². The highest BCUT2D eigenvalue weighted by Gasteiger charge is 2.24. The fourth-order valence-corrected chi connectivity index (χ4v) is 2.11. The molecule has 3 unspecified atom stereocenters. The van der Waals surface area contributed by atoms with E-state index in [1.807, 2.05) is 0 Å². The third kappa shape index (κ3) is 3.95. The van der Waals surface area contributed by atoms with Crippen LogP contribution in [0.2, 0.25) is 0 Å². The molecule has 0 amide bonds. The van der Waals surface area contributed by atoms with Crippen molar-refractivity contribution in [3.05, 3.63) is 0 Å². The molecule has 0 aromatic rings. The Morgan fingerprint density at radius 2 is 2.29 bits per heavy atom. The summed E-state index contributed by atoms with van der Waals surface area (Å²) in [6.07, 6.45) is 3.27. The molecule has 14 heavy (non-hydrogen) atoms. The third-order valence-corrected chi connectivity index (χ3v) is 2.97. The SMILES string of the molecule is COCC(C)CNCC1CCCC1O. The van der Waals surface area contributed by atoms with Gasteiger partial charge in [0.15, 0.2) is 0 Å². The van der Waals surface area contributed by atoms with E-state index in [1.54, 1.807) is 7.11 Å². The third-order valence-electron chi connectivity index (χ3n) is 2.97. The Balaban J connectivity index is 2.03. The zero-order chi connectivity index (χ0) is 10.4. The minimum atomic E-state index is -0.0692. The quantitative estimate of drug-likeness (QED) is 0.674. The molecule has 0 aromatic carbocycles. The fraction of sp³-hybridized carbons (Fsp3) is 1.00.